The zero-order chi connectivity index (χ0) is 52.9. The molecule has 0 aliphatic heterocycles. The number of amides is 1. The highest BCUT2D eigenvalue weighted by atomic mass is 31.2. The Bertz CT molecular complexity index is 1240. The van der Waals surface area contributed by atoms with Crippen molar-refractivity contribution in [2.45, 2.75) is 358 Å². The Morgan fingerprint density at radius 1 is 0.431 bits per heavy atom. The van der Waals surface area contributed by atoms with Crippen LogP contribution in [0.25, 0.3) is 0 Å². The van der Waals surface area contributed by atoms with Gasteiger partial charge in [0, 0.05) is 0 Å². The maximum Gasteiger partial charge on any atom is 0.472 e. The lowest BCUT2D eigenvalue weighted by Gasteiger charge is -2.41. The van der Waals surface area contributed by atoms with Gasteiger partial charge in [-0.15, -0.1) is 0 Å². The number of aliphatic hydroxyl groups excluding tert-OH is 7. The van der Waals surface area contributed by atoms with Crippen LogP contribution in [-0.2, 0) is 18.4 Å². The van der Waals surface area contributed by atoms with Crippen LogP contribution in [0.2, 0.25) is 0 Å². The first kappa shape index (κ1) is 69.3. The van der Waals surface area contributed by atoms with E-state index in [1.807, 2.05) is 0 Å². The number of aliphatic hydroxyl groups is 7. The van der Waals surface area contributed by atoms with Gasteiger partial charge in [-0.1, -0.05) is 284 Å². The molecule has 8 atom stereocenters. The van der Waals surface area contributed by atoms with Crippen molar-refractivity contribution in [3.8, 4) is 0 Å². The Morgan fingerprint density at radius 3 is 1.00 bits per heavy atom. The third kappa shape index (κ3) is 37.9. The van der Waals surface area contributed by atoms with E-state index in [0.29, 0.717) is 12.8 Å². The molecular weight excluding hydrogens is 934 g/mol. The van der Waals surface area contributed by atoms with Crippen LogP contribution in [0, 0.1) is 0 Å². The van der Waals surface area contributed by atoms with Crippen molar-refractivity contribution in [2.24, 2.45) is 0 Å². The molecule has 0 radical (unpaired) electrons. The molecule has 0 aromatic heterocycles. The molecule has 430 valence electrons. The number of hydrogen-bond acceptors (Lipinski definition) is 11. The molecule has 0 heterocycles. The molecule has 72 heavy (non-hydrogen) atoms. The van der Waals surface area contributed by atoms with E-state index < -0.39 is 75.2 Å². The first-order chi connectivity index (χ1) is 34.8. The second-order valence-electron chi connectivity index (χ2n) is 22.1. The maximum atomic E-state index is 13.0. The van der Waals surface area contributed by atoms with Gasteiger partial charge in [-0.2, -0.15) is 0 Å². The minimum atomic E-state index is -5.10. The fraction of sp³-hybridized carbons (Fsp3) is 0.983. The van der Waals surface area contributed by atoms with Crippen molar-refractivity contribution < 1.29 is 59.0 Å². The lowest BCUT2D eigenvalue weighted by molar-refractivity contribution is -0.220. The Hall–Kier alpha value is -0.700. The third-order valence-electron chi connectivity index (χ3n) is 15.2. The highest BCUT2D eigenvalue weighted by Crippen LogP contribution is 2.47. The molecule has 0 aromatic carbocycles. The number of nitrogens with one attached hydrogen (secondary N) is 1. The molecule has 8 unspecified atom stereocenters. The minimum absolute atomic E-state index is 0.217. The molecule has 13 nitrogen and oxygen atoms in total. The summed E-state index contributed by atoms with van der Waals surface area (Å²) in [4.78, 5) is 23.4. The van der Waals surface area contributed by atoms with Crippen LogP contribution in [0.15, 0.2) is 0 Å². The Labute approximate surface area is 440 Å². The molecule has 0 saturated heterocycles. The van der Waals surface area contributed by atoms with Gasteiger partial charge in [0.15, 0.2) is 0 Å². The van der Waals surface area contributed by atoms with Crippen LogP contribution in [-0.4, -0.2) is 108 Å². The van der Waals surface area contributed by atoms with E-state index in [1.54, 1.807) is 0 Å². The highest BCUT2D eigenvalue weighted by Gasteiger charge is 2.51. The van der Waals surface area contributed by atoms with Crippen molar-refractivity contribution in [3.63, 3.8) is 0 Å². The van der Waals surface area contributed by atoms with Crippen molar-refractivity contribution in [1.29, 1.82) is 0 Å². The predicted octanol–water partition coefficient (Wildman–Crippen LogP) is 13.1. The van der Waals surface area contributed by atoms with Crippen LogP contribution >= 0.6 is 7.82 Å². The van der Waals surface area contributed by atoms with Crippen molar-refractivity contribution in [2.75, 3.05) is 6.61 Å². The number of rotatable bonds is 53. The number of unbranched alkanes of at least 4 members (excludes halogenated alkanes) is 40. The van der Waals surface area contributed by atoms with Gasteiger partial charge in [-0.25, -0.2) is 4.57 Å². The van der Waals surface area contributed by atoms with Crippen molar-refractivity contribution >= 4 is 13.7 Å². The fourth-order valence-corrected chi connectivity index (χ4v) is 11.3. The van der Waals surface area contributed by atoms with Crippen molar-refractivity contribution in [1.82, 2.24) is 5.32 Å². The molecule has 1 aliphatic carbocycles. The predicted molar refractivity (Wildman–Crippen MR) is 294 cm³/mol. The van der Waals surface area contributed by atoms with Gasteiger partial charge < -0.3 is 46.0 Å². The van der Waals surface area contributed by atoms with Crippen LogP contribution in [0.4, 0.5) is 0 Å². The molecule has 1 aliphatic rings. The van der Waals surface area contributed by atoms with Crippen LogP contribution in [0.1, 0.15) is 303 Å². The molecule has 0 aromatic rings. The van der Waals surface area contributed by atoms with Gasteiger partial charge in [-0.3, -0.25) is 13.8 Å². The molecule has 9 N–H and O–H groups in total. The van der Waals surface area contributed by atoms with Gasteiger partial charge in [0.25, 0.3) is 0 Å². The zero-order valence-corrected chi connectivity index (χ0v) is 47.3. The standard InChI is InChI=1S/C58H116NO12P/c1-3-5-7-9-10-11-12-13-14-15-16-17-18-19-20-21-22-23-24-25-26-27-28-29-30-31-32-33-34-35-36-37-38-39-40-42-43-45-49(60)47-52(62)59-50(51(61)46-44-41-8-6-4-2)48-70-72(68,69)71-58-56(66)54(64)53(63)55(65)57(58)67/h49-51,53-58,60-61,63-67H,3-48H2,1-2H3,(H,59,62)(H,68,69). The number of carbonyl (C=O) groups is 1. The molecule has 1 saturated carbocycles. The van der Waals surface area contributed by atoms with Gasteiger partial charge in [0.1, 0.15) is 36.6 Å². The van der Waals surface area contributed by atoms with E-state index in [1.165, 1.54) is 212 Å². The number of carbonyl (C=O) groups excluding carboxylic acids is 1. The summed E-state index contributed by atoms with van der Waals surface area (Å²) in [5, 5.41) is 74.3. The Balaban J connectivity index is 2.01. The number of hydrogen-bond donors (Lipinski definition) is 9. The minimum Gasteiger partial charge on any atom is -0.393 e. The lowest BCUT2D eigenvalue weighted by atomic mass is 9.85. The van der Waals surface area contributed by atoms with Crippen molar-refractivity contribution in [3.05, 3.63) is 0 Å². The average Bonchev–Trinajstić information content (AvgIpc) is 3.36. The molecule has 1 rings (SSSR count). The average molecular weight is 1050 g/mol. The third-order valence-corrected chi connectivity index (χ3v) is 16.2. The molecule has 0 spiro atoms. The summed E-state index contributed by atoms with van der Waals surface area (Å²) in [6.07, 6.45) is 41.6. The van der Waals surface area contributed by atoms with E-state index in [2.05, 4.69) is 19.2 Å². The number of phosphoric acid groups is 1. The Kier molecular flexibility index (Phi) is 45.7. The van der Waals surface area contributed by atoms with E-state index in [0.717, 1.165) is 51.4 Å². The second kappa shape index (κ2) is 47.5. The summed E-state index contributed by atoms with van der Waals surface area (Å²) in [5.41, 5.74) is 0. The van der Waals surface area contributed by atoms with Crippen LogP contribution < -0.4 is 5.32 Å². The molecule has 1 amide bonds. The maximum absolute atomic E-state index is 13.0. The lowest BCUT2D eigenvalue weighted by Crippen LogP contribution is -2.64. The van der Waals surface area contributed by atoms with E-state index >= 15 is 0 Å². The summed E-state index contributed by atoms with van der Waals surface area (Å²) in [7, 11) is -5.10. The topological polar surface area (TPSA) is 226 Å². The first-order valence-electron chi connectivity index (χ1n) is 30.6. The van der Waals surface area contributed by atoms with E-state index in [4.69, 9.17) is 9.05 Å². The summed E-state index contributed by atoms with van der Waals surface area (Å²) in [6.45, 7) is 3.70. The normalized spacial score (nSPS) is 21.4. The van der Waals surface area contributed by atoms with E-state index in [9.17, 15) is 50.0 Å². The second-order valence-corrected chi connectivity index (χ2v) is 23.5. The first-order valence-corrected chi connectivity index (χ1v) is 32.1. The summed E-state index contributed by atoms with van der Waals surface area (Å²) in [6, 6.07) is -1.15. The van der Waals surface area contributed by atoms with Crippen LogP contribution in [0.3, 0.4) is 0 Å². The summed E-state index contributed by atoms with van der Waals surface area (Å²) in [5.74, 6) is -0.560. The number of phosphoric ester groups is 1. The highest BCUT2D eigenvalue weighted by molar-refractivity contribution is 7.47. The molecular formula is C58H116NO12P. The quantitative estimate of drug-likeness (QED) is 0.0205. The molecule has 14 heteroatoms. The Morgan fingerprint density at radius 2 is 0.694 bits per heavy atom. The largest absolute Gasteiger partial charge is 0.472 e. The SMILES string of the molecule is CCCCCCCCCCCCCCCCCCCCCCCCCCCCCCCCCCCCCCCC(O)CC(=O)NC(COP(=O)(O)OC1C(O)C(O)C(O)C(O)C1O)C(O)CCCCCCC. The molecule has 0 bridgehead atoms. The van der Waals surface area contributed by atoms with Gasteiger partial charge in [-0.05, 0) is 12.8 Å². The molecule has 1 fully saturated rings. The van der Waals surface area contributed by atoms with Crippen LogP contribution in [0.5, 0.6) is 0 Å². The van der Waals surface area contributed by atoms with Gasteiger partial charge >= 0.3 is 7.82 Å². The monoisotopic (exact) mass is 1050 g/mol. The zero-order valence-electron chi connectivity index (χ0n) is 46.4. The van der Waals surface area contributed by atoms with Gasteiger partial charge in [0.05, 0.1) is 31.3 Å². The summed E-state index contributed by atoms with van der Waals surface area (Å²) < 4.78 is 22.8. The summed E-state index contributed by atoms with van der Waals surface area (Å²) >= 11 is 0. The van der Waals surface area contributed by atoms with Gasteiger partial charge in [0.2, 0.25) is 5.91 Å². The fourth-order valence-electron chi connectivity index (χ4n) is 10.3. The van der Waals surface area contributed by atoms with E-state index in [-0.39, 0.29) is 12.8 Å². The smallest absolute Gasteiger partial charge is 0.393 e.